The number of carbonyl (C=O) groups excluding carboxylic acids is 3. The SMILES string of the molecule is CC(CC1CCC(C)(C)C1(C)C)OC(=O)C1CCCN1C(=O)C(C)NC(=O)C(O)Cc1ccc(O)c(O)c1. The number of aliphatic hydroxyl groups is 1. The van der Waals surface area contributed by atoms with Crippen LogP contribution in [0.1, 0.15) is 79.2 Å². The van der Waals surface area contributed by atoms with Crippen molar-refractivity contribution in [1.82, 2.24) is 10.2 Å². The maximum absolute atomic E-state index is 13.1. The van der Waals surface area contributed by atoms with E-state index in [4.69, 9.17) is 4.74 Å². The van der Waals surface area contributed by atoms with Crippen LogP contribution in [0.2, 0.25) is 0 Å². The lowest BCUT2D eigenvalue weighted by Gasteiger charge is -2.40. The number of amides is 2. The Morgan fingerprint density at radius 3 is 2.39 bits per heavy atom. The van der Waals surface area contributed by atoms with Gasteiger partial charge in [0.15, 0.2) is 11.5 Å². The zero-order valence-corrected chi connectivity index (χ0v) is 23.5. The van der Waals surface area contributed by atoms with Crippen molar-refractivity contribution in [3.8, 4) is 11.5 Å². The second-order valence-corrected chi connectivity index (χ2v) is 12.3. The highest BCUT2D eigenvalue weighted by Crippen LogP contribution is 2.57. The van der Waals surface area contributed by atoms with E-state index < -0.39 is 36.0 Å². The second kappa shape index (κ2) is 11.5. The maximum Gasteiger partial charge on any atom is 0.329 e. The molecule has 38 heavy (non-hydrogen) atoms. The fraction of sp³-hybridized carbons (Fsp3) is 0.690. The number of esters is 1. The van der Waals surface area contributed by atoms with Crippen LogP contribution in [0.15, 0.2) is 18.2 Å². The molecule has 5 atom stereocenters. The van der Waals surface area contributed by atoms with E-state index in [-0.39, 0.29) is 34.9 Å². The first-order chi connectivity index (χ1) is 17.6. The van der Waals surface area contributed by atoms with Crippen LogP contribution in [-0.4, -0.2) is 68.8 Å². The molecule has 2 aliphatic rings. The quantitative estimate of drug-likeness (QED) is 0.283. The van der Waals surface area contributed by atoms with Crippen LogP contribution in [0.5, 0.6) is 11.5 Å². The molecule has 1 saturated carbocycles. The van der Waals surface area contributed by atoms with Crippen molar-refractivity contribution in [2.75, 3.05) is 6.54 Å². The molecule has 1 aromatic carbocycles. The molecule has 2 amide bonds. The Morgan fingerprint density at radius 1 is 1.11 bits per heavy atom. The monoisotopic (exact) mass is 532 g/mol. The molecule has 0 bridgehead atoms. The molecule has 5 unspecified atom stereocenters. The van der Waals surface area contributed by atoms with Crippen LogP contribution < -0.4 is 5.32 Å². The molecule has 0 spiro atoms. The fourth-order valence-electron chi connectivity index (χ4n) is 5.82. The third kappa shape index (κ3) is 6.42. The average molecular weight is 533 g/mol. The minimum atomic E-state index is -1.46. The minimum Gasteiger partial charge on any atom is -0.504 e. The molecule has 2 fully saturated rings. The summed E-state index contributed by atoms with van der Waals surface area (Å²) in [5, 5.41) is 31.8. The first-order valence-electron chi connectivity index (χ1n) is 13.6. The van der Waals surface area contributed by atoms with Crippen LogP contribution in [0.4, 0.5) is 0 Å². The van der Waals surface area contributed by atoms with E-state index in [0.717, 1.165) is 19.3 Å². The van der Waals surface area contributed by atoms with Gasteiger partial charge in [-0.1, -0.05) is 33.8 Å². The number of ether oxygens (including phenoxy) is 1. The van der Waals surface area contributed by atoms with Gasteiger partial charge in [0.1, 0.15) is 18.2 Å². The second-order valence-electron chi connectivity index (χ2n) is 12.3. The normalized spacial score (nSPS) is 24.4. The van der Waals surface area contributed by atoms with E-state index in [1.807, 2.05) is 6.92 Å². The molecule has 4 N–H and O–H groups in total. The van der Waals surface area contributed by atoms with E-state index in [1.54, 1.807) is 0 Å². The molecule has 212 valence electrons. The van der Waals surface area contributed by atoms with Gasteiger partial charge in [0.25, 0.3) is 0 Å². The molecule has 0 aromatic heterocycles. The maximum atomic E-state index is 13.1. The minimum absolute atomic E-state index is 0.105. The Bertz CT molecular complexity index is 1040. The summed E-state index contributed by atoms with van der Waals surface area (Å²) in [4.78, 5) is 40.2. The Hall–Kier alpha value is -2.81. The number of phenols is 2. The number of nitrogens with one attached hydrogen (secondary N) is 1. The third-order valence-corrected chi connectivity index (χ3v) is 9.13. The summed E-state index contributed by atoms with van der Waals surface area (Å²) in [7, 11) is 0. The van der Waals surface area contributed by atoms with Gasteiger partial charge in [0, 0.05) is 13.0 Å². The van der Waals surface area contributed by atoms with E-state index in [9.17, 15) is 29.7 Å². The molecule has 1 aromatic rings. The van der Waals surface area contributed by atoms with Crippen LogP contribution in [-0.2, 0) is 25.5 Å². The number of nitrogens with zero attached hydrogens (tertiary/aromatic N) is 1. The van der Waals surface area contributed by atoms with Gasteiger partial charge in [-0.3, -0.25) is 9.59 Å². The summed E-state index contributed by atoms with van der Waals surface area (Å²) in [6.07, 6.45) is 2.38. The Labute approximate surface area is 225 Å². The van der Waals surface area contributed by atoms with Crippen molar-refractivity contribution in [2.24, 2.45) is 16.7 Å². The van der Waals surface area contributed by atoms with Gasteiger partial charge in [0.05, 0.1) is 6.10 Å². The number of aliphatic hydroxyl groups excluding tert-OH is 1. The van der Waals surface area contributed by atoms with Crippen molar-refractivity contribution in [2.45, 2.75) is 104 Å². The lowest BCUT2D eigenvalue weighted by atomic mass is 9.66. The zero-order valence-electron chi connectivity index (χ0n) is 23.5. The molecule has 9 nitrogen and oxygen atoms in total. The standard InChI is InChI=1S/C29H44N2O7/c1-17(14-20-11-12-28(3,4)29(20,5)6)38-27(37)21-8-7-13-31(21)26(36)18(2)30-25(35)24(34)16-19-9-10-22(32)23(33)15-19/h9-10,15,17-18,20-21,24,32-34H,7-8,11-14,16H2,1-6H3,(H,30,35). The van der Waals surface area contributed by atoms with Crippen molar-refractivity contribution in [3.05, 3.63) is 23.8 Å². The number of hydrogen-bond donors (Lipinski definition) is 4. The molecule has 0 radical (unpaired) electrons. The molecular weight excluding hydrogens is 488 g/mol. The summed E-state index contributed by atoms with van der Waals surface area (Å²) in [6, 6.07) is 2.37. The lowest BCUT2D eigenvalue weighted by Crippen LogP contribution is -2.52. The number of carbonyl (C=O) groups is 3. The molecule has 9 heteroatoms. The van der Waals surface area contributed by atoms with Gasteiger partial charge in [-0.15, -0.1) is 0 Å². The van der Waals surface area contributed by atoms with E-state index in [2.05, 4.69) is 33.0 Å². The van der Waals surface area contributed by atoms with E-state index >= 15 is 0 Å². The number of rotatable bonds is 9. The summed E-state index contributed by atoms with van der Waals surface area (Å²) in [6.45, 7) is 13.0. The van der Waals surface area contributed by atoms with Crippen LogP contribution in [0.3, 0.4) is 0 Å². The number of aromatic hydroxyl groups is 2. The Balaban J connectivity index is 1.53. The summed E-state index contributed by atoms with van der Waals surface area (Å²) < 4.78 is 5.82. The fourth-order valence-corrected chi connectivity index (χ4v) is 5.82. The first-order valence-corrected chi connectivity index (χ1v) is 13.6. The van der Waals surface area contributed by atoms with Gasteiger partial charge >= 0.3 is 5.97 Å². The summed E-state index contributed by atoms with van der Waals surface area (Å²) in [5.41, 5.74) is 0.822. The summed E-state index contributed by atoms with van der Waals surface area (Å²) >= 11 is 0. The Morgan fingerprint density at radius 2 is 1.79 bits per heavy atom. The van der Waals surface area contributed by atoms with Gasteiger partial charge < -0.3 is 30.3 Å². The predicted octanol–water partition coefficient (Wildman–Crippen LogP) is 3.28. The molecule has 1 saturated heterocycles. The van der Waals surface area contributed by atoms with Crippen molar-refractivity contribution >= 4 is 17.8 Å². The number of likely N-dealkylation sites (tertiary alicyclic amines) is 1. The van der Waals surface area contributed by atoms with Crippen molar-refractivity contribution in [3.63, 3.8) is 0 Å². The highest BCUT2D eigenvalue weighted by Gasteiger charge is 2.49. The van der Waals surface area contributed by atoms with Crippen LogP contribution in [0.25, 0.3) is 0 Å². The van der Waals surface area contributed by atoms with E-state index in [1.165, 1.54) is 30.0 Å². The highest BCUT2D eigenvalue weighted by molar-refractivity contribution is 5.92. The number of hydrogen-bond acceptors (Lipinski definition) is 7. The van der Waals surface area contributed by atoms with Gasteiger partial charge in [-0.25, -0.2) is 4.79 Å². The van der Waals surface area contributed by atoms with Crippen molar-refractivity contribution in [1.29, 1.82) is 0 Å². The largest absolute Gasteiger partial charge is 0.504 e. The first kappa shape index (κ1) is 29.7. The van der Waals surface area contributed by atoms with Crippen LogP contribution in [0, 0.1) is 16.7 Å². The third-order valence-electron chi connectivity index (χ3n) is 9.13. The van der Waals surface area contributed by atoms with E-state index in [0.29, 0.717) is 30.9 Å². The summed E-state index contributed by atoms with van der Waals surface area (Å²) in [5.74, 6) is -1.76. The predicted molar refractivity (Wildman–Crippen MR) is 142 cm³/mol. The molecule has 3 rings (SSSR count). The average Bonchev–Trinajstić information content (AvgIpc) is 3.39. The zero-order chi connectivity index (χ0) is 28.4. The molecular formula is C29H44N2O7. The number of phenolic OH excluding ortho intramolecular Hbond substituents is 2. The topological polar surface area (TPSA) is 136 Å². The number of benzene rings is 1. The molecule has 1 heterocycles. The smallest absolute Gasteiger partial charge is 0.329 e. The van der Waals surface area contributed by atoms with Gasteiger partial charge in [0.2, 0.25) is 11.8 Å². The highest BCUT2D eigenvalue weighted by atomic mass is 16.5. The Kier molecular flexibility index (Phi) is 9.01. The molecule has 1 aliphatic heterocycles. The van der Waals surface area contributed by atoms with Gasteiger partial charge in [-0.05, 0) is 80.4 Å². The lowest BCUT2D eigenvalue weighted by molar-refractivity contribution is -0.159. The van der Waals surface area contributed by atoms with Crippen LogP contribution >= 0.6 is 0 Å². The van der Waals surface area contributed by atoms with Gasteiger partial charge in [-0.2, -0.15) is 0 Å². The molecule has 1 aliphatic carbocycles. The van der Waals surface area contributed by atoms with Crippen molar-refractivity contribution < 1.29 is 34.4 Å².